The maximum Gasteiger partial charge on any atom is 0.272 e. The fraction of sp³-hybridized carbons (Fsp3) is 0.0526. The van der Waals surface area contributed by atoms with E-state index < -0.39 is 0 Å². The summed E-state index contributed by atoms with van der Waals surface area (Å²) < 4.78 is 1.61. The van der Waals surface area contributed by atoms with Gasteiger partial charge in [0.15, 0.2) is 0 Å². The van der Waals surface area contributed by atoms with Gasteiger partial charge >= 0.3 is 0 Å². The van der Waals surface area contributed by atoms with Crippen LogP contribution in [0.5, 0.6) is 0 Å². The molecule has 0 spiro atoms. The van der Waals surface area contributed by atoms with Crippen molar-refractivity contribution in [2.45, 2.75) is 6.92 Å². The number of nitrogens with zero attached hydrogens (tertiary/aromatic N) is 3. The number of para-hydroxylation sites is 1. The number of aromatic nitrogens is 2. The second kappa shape index (κ2) is 7.35. The number of fused-ring (bicyclic) bond motifs is 1. The van der Waals surface area contributed by atoms with E-state index in [1.165, 1.54) is 19.3 Å². The van der Waals surface area contributed by atoms with Gasteiger partial charge in [0.05, 0.1) is 11.1 Å². The highest BCUT2D eigenvalue weighted by molar-refractivity contribution is 5.98. The van der Waals surface area contributed by atoms with Gasteiger partial charge in [0.1, 0.15) is 0 Å². The summed E-state index contributed by atoms with van der Waals surface area (Å²) in [5.74, 6) is -0.376. The summed E-state index contributed by atoms with van der Waals surface area (Å²) in [6.45, 7) is 1.52. The molecule has 0 saturated carbocycles. The van der Waals surface area contributed by atoms with Crippen LogP contribution in [-0.4, -0.2) is 27.6 Å². The molecule has 0 saturated heterocycles. The molecular formula is C19H16N4O2. The third kappa shape index (κ3) is 3.69. The van der Waals surface area contributed by atoms with Gasteiger partial charge < -0.3 is 0 Å². The van der Waals surface area contributed by atoms with Gasteiger partial charge in [-0.3, -0.25) is 19.1 Å². The molecule has 1 N–H and O–H groups in total. The summed E-state index contributed by atoms with van der Waals surface area (Å²) >= 11 is 0. The van der Waals surface area contributed by atoms with E-state index in [1.807, 2.05) is 30.3 Å². The first-order valence-corrected chi connectivity index (χ1v) is 7.68. The number of benzene rings is 1. The van der Waals surface area contributed by atoms with Crippen LogP contribution in [0.1, 0.15) is 27.6 Å². The van der Waals surface area contributed by atoms with Crippen molar-refractivity contribution in [1.29, 1.82) is 0 Å². The summed E-state index contributed by atoms with van der Waals surface area (Å²) in [4.78, 5) is 27.4. The van der Waals surface area contributed by atoms with Crippen LogP contribution in [0.3, 0.4) is 0 Å². The van der Waals surface area contributed by atoms with Crippen LogP contribution in [0.2, 0.25) is 0 Å². The second-order valence-corrected chi connectivity index (χ2v) is 5.31. The maximum absolute atomic E-state index is 11.8. The monoisotopic (exact) mass is 332 g/mol. The Morgan fingerprint density at radius 2 is 2.04 bits per heavy atom. The van der Waals surface area contributed by atoms with Crippen molar-refractivity contribution in [2.75, 3.05) is 0 Å². The highest BCUT2D eigenvalue weighted by Gasteiger charge is 2.08. The number of hydrogen-bond acceptors (Lipinski definition) is 4. The van der Waals surface area contributed by atoms with Gasteiger partial charge in [-0.05, 0) is 24.3 Å². The smallest absolute Gasteiger partial charge is 0.272 e. The third-order valence-corrected chi connectivity index (χ3v) is 3.61. The van der Waals surface area contributed by atoms with Crippen LogP contribution in [0.15, 0.2) is 66.2 Å². The van der Waals surface area contributed by atoms with Crippen LogP contribution in [0.4, 0.5) is 0 Å². The van der Waals surface area contributed by atoms with Crippen LogP contribution in [-0.2, 0) is 0 Å². The van der Waals surface area contributed by atoms with E-state index in [4.69, 9.17) is 0 Å². The highest BCUT2D eigenvalue weighted by Crippen LogP contribution is 2.22. The topological polar surface area (TPSA) is 76.3 Å². The number of carbonyl (C=O) groups is 2. The molecule has 6 nitrogen and oxygen atoms in total. The fourth-order valence-electron chi connectivity index (χ4n) is 2.45. The SMILES string of the molecule is CC(=O)n1cc(C=CC=NNC(=O)c2cccnc2)c2ccccc21. The molecule has 0 radical (unpaired) electrons. The molecule has 2 heterocycles. The summed E-state index contributed by atoms with van der Waals surface area (Å²) in [7, 11) is 0. The first-order chi connectivity index (χ1) is 12.2. The number of hydrogen-bond donors (Lipinski definition) is 1. The van der Waals surface area contributed by atoms with Gasteiger partial charge in [-0.15, -0.1) is 0 Å². The molecule has 25 heavy (non-hydrogen) atoms. The lowest BCUT2D eigenvalue weighted by molar-refractivity contribution is 0.0937. The highest BCUT2D eigenvalue weighted by atomic mass is 16.2. The zero-order chi connectivity index (χ0) is 17.6. The molecule has 3 aromatic rings. The van der Waals surface area contributed by atoms with E-state index in [9.17, 15) is 9.59 Å². The quantitative estimate of drug-likeness (QED) is 0.589. The molecule has 3 rings (SSSR count). The van der Waals surface area contributed by atoms with E-state index in [-0.39, 0.29) is 11.8 Å². The van der Waals surface area contributed by atoms with Crippen LogP contribution < -0.4 is 5.43 Å². The molecular weight excluding hydrogens is 316 g/mol. The zero-order valence-corrected chi connectivity index (χ0v) is 13.6. The van der Waals surface area contributed by atoms with Crippen LogP contribution in [0, 0.1) is 0 Å². The van der Waals surface area contributed by atoms with Gasteiger partial charge in [-0.25, -0.2) is 5.43 Å². The summed E-state index contributed by atoms with van der Waals surface area (Å²) in [5.41, 5.74) is 4.62. The van der Waals surface area contributed by atoms with Crippen molar-refractivity contribution in [3.05, 3.63) is 72.2 Å². The lowest BCUT2D eigenvalue weighted by Gasteiger charge is -1.97. The lowest BCUT2D eigenvalue weighted by Crippen LogP contribution is -2.17. The molecule has 1 aromatic carbocycles. The molecule has 0 aliphatic carbocycles. The number of carbonyl (C=O) groups excluding carboxylic acids is 2. The molecule has 6 heteroatoms. The van der Waals surface area contributed by atoms with Crippen molar-refractivity contribution in [3.8, 4) is 0 Å². The number of allylic oxidation sites excluding steroid dienone is 1. The molecule has 0 atom stereocenters. The van der Waals surface area contributed by atoms with Crippen molar-refractivity contribution in [1.82, 2.24) is 15.0 Å². The van der Waals surface area contributed by atoms with Crippen molar-refractivity contribution in [2.24, 2.45) is 5.10 Å². The fourth-order valence-corrected chi connectivity index (χ4v) is 2.45. The second-order valence-electron chi connectivity index (χ2n) is 5.31. The van der Waals surface area contributed by atoms with Crippen molar-refractivity contribution < 1.29 is 9.59 Å². The predicted octanol–water partition coefficient (Wildman–Crippen LogP) is 3.13. The average molecular weight is 332 g/mol. The Balaban J connectivity index is 1.71. The molecule has 124 valence electrons. The Kier molecular flexibility index (Phi) is 4.80. The lowest BCUT2D eigenvalue weighted by atomic mass is 10.1. The van der Waals surface area contributed by atoms with E-state index in [2.05, 4.69) is 15.5 Å². The van der Waals surface area contributed by atoms with Crippen molar-refractivity contribution >= 4 is 35.0 Å². The van der Waals surface area contributed by atoms with Gasteiger partial charge in [0.2, 0.25) is 5.91 Å². The van der Waals surface area contributed by atoms with Gasteiger partial charge in [0, 0.05) is 42.7 Å². The minimum Gasteiger partial charge on any atom is -0.287 e. The number of nitrogens with one attached hydrogen (secondary N) is 1. The summed E-state index contributed by atoms with van der Waals surface area (Å²) in [6.07, 6.45) is 9.87. The van der Waals surface area contributed by atoms with Crippen LogP contribution >= 0.6 is 0 Å². The molecule has 2 aromatic heterocycles. The van der Waals surface area contributed by atoms with Crippen molar-refractivity contribution in [3.63, 3.8) is 0 Å². The zero-order valence-electron chi connectivity index (χ0n) is 13.6. The van der Waals surface area contributed by atoms with E-state index >= 15 is 0 Å². The van der Waals surface area contributed by atoms with Crippen LogP contribution in [0.25, 0.3) is 17.0 Å². The summed E-state index contributed by atoms with van der Waals surface area (Å²) in [6, 6.07) is 11.0. The molecule has 0 aliphatic heterocycles. The minimum absolute atomic E-state index is 0.0479. The molecule has 0 aliphatic rings. The molecule has 0 fully saturated rings. The Labute approximate surface area is 144 Å². The Morgan fingerprint density at radius 3 is 2.80 bits per heavy atom. The third-order valence-electron chi connectivity index (χ3n) is 3.61. The van der Waals surface area contributed by atoms with E-state index in [0.717, 1.165) is 16.5 Å². The Morgan fingerprint density at radius 1 is 1.20 bits per heavy atom. The minimum atomic E-state index is -0.328. The van der Waals surface area contributed by atoms with Gasteiger partial charge in [0.25, 0.3) is 5.91 Å². The standard InChI is InChI=1S/C19H16N4O2/c1-14(24)23-13-16(17-8-2-3-9-18(17)23)7-5-11-21-22-19(25)15-6-4-10-20-12-15/h2-13H,1H3,(H,22,25). The first-order valence-electron chi connectivity index (χ1n) is 7.68. The van der Waals surface area contributed by atoms with Gasteiger partial charge in [-0.1, -0.05) is 24.3 Å². The Bertz CT molecular complexity index is 972. The number of rotatable bonds is 4. The normalized spacial score (nSPS) is 11.4. The molecule has 1 amide bonds. The average Bonchev–Trinajstić information content (AvgIpc) is 3.01. The van der Waals surface area contributed by atoms with E-state index in [0.29, 0.717) is 5.56 Å². The molecule has 0 bridgehead atoms. The first kappa shape index (κ1) is 16.3. The number of pyridine rings is 1. The predicted molar refractivity (Wildman–Crippen MR) is 97.5 cm³/mol. The largest absolute Gasteiger partial charge is 0.287 e. The summed E-state index contributed by atoms with van der Waals surface area (Å²) in [5, 5.41) is 4.85. The number of amides is 1. The number of hydrazone groups is 1. The molecule has 0 unspecified atom stereocenters. The van der Waals surface area contributed by atoms with E-state index in [1.54, 1.807) is 35.2 Å². The maximum atomic E-state index is 11.8. The van der Waals surface area contributed by atoms with Gasteiger partial charge in [-0.2, -0.15) is 5.10 Å². The Hall–Kier alpha value is -3.54.